The second-order valence-corrected chi connectivity index (χ2v) is 8.99. The minimum Gasteiger partial charge on any atom is -0.345 e. The van der Waals surface area contributed by atoms with Crippen LogP contribution in [0.4, 0.5) is 5.69 Å². The van der Waals surface area contributed by atoms with Crippen LogP contribution in [0.5, 0.6) is 0 Å². The van der Waals surface area contributed by atoms with Gasteiger partial charge in [0.05, 0.1) is 6.54 Å². The number of nitrogens with one attached hydrogen (secondary N) is 1. The standard InChI is InChI=1S/C23H22BrN3O3/c24-15-7-10-19-14(12-15)4-3-11-26(19)20(28)13-25-22(29)21-17-5-1-2-6-18(17)23(30)27(21)16-8-9-16/h1-2,5-7,10,12,16,21H,3-4,8-9,11,13H2,(H,25,29). The fraction of sp³-hybridized carbons (Fsp3) is 0.348. The summed E-state index contributed by atoms with van der Waals surface area (Å²) in [5.74, 6) is -0.515. The number of hydrogen-bond donors (Lipinski definition) is 1. The highest BCUT2D eigenvalue weighted by Crippen LogP contribution is 2.41. The number of hydrogen-bond acceptors (Lipinski definition) is 3. The van der Waals surface area contributed by atoms with E-state index in [0.29, 0.717) is 12.1 Å². The van der Waals surface area contributed by atoms with Crippen molar-refractivity contribution >= 4 is 39.3 Å². The van der Waals surface area contributed by atoms with Gasteiger partial charge >= 0.3 is 0 Å². The maximum Gasteiger partial charge on any atom is 0.255 e. The molecule has 5 rings (SSSR count). The van der Waals surface area contributed by atoms with Crippen LogP contribution in [0.3, 0.4) is 0 Å². The van der Waals surface area contributed by atoms with Crippen LogP contribution in [0.2, 0.25) is 0 Å². The van der Waals surface area contributed by atoms with Crippen molar-refractivity contribution in [2.45, 2.75) is 37.8 Å². The zero-order chi connectivity index (χ0) is 20.8. The third-order valence-electron chi connectivity index (χ3n) is 6.06. The Bertz CT molecular complexity index is 1050. The van der Waals surface area contributed by atoms with Gasteiger partial charge in [-0.1, -0.05) is 34.1 Å². The Morgan fingerprint density at radius 2 is 1.93 bits per heavy atom. The first-order valence-electron chi connectivity index (χ1n) is 10.3. The monoisotopic (exact) mass is 467 g/mol. The van der Waals surface area contributed by atoms with E-state index < -0.39 is 6.04 Å². The highest BCUT2D eigenvalue weighted by molar-refractivity contribution is 9.10. The number of benzene rings is 2. The summed E-state index contributed by atoms with van der Waals surface area (Å²) in [7, 11) is 0. The number of carbonyl (C=O) groups excluding carboxylic acids is 3. The van der Waals surface area contributed by atoms with Gasteiger partial charge in [0.2, 0.25) is 11.8 Å². The van der Waals surface area contributed by atoms with Crippen LogP contribution in [0.1, 0.15) is 46.8 Å². The Labute approximate surface area is 183 Å². The van der Waals surface area contributed by atoms with Crippen molar-refractivity contribution in [2.24, 2.45) is 0 Å². The molecular formula is C23H22BrN3O3. The van der Waals surface area contributed by atoms with E-state index in [1.165, 1.54) is 0 Å². The Balaban J connectivity index is 1.32. The van der Waals surface area contributed by atoms with Crippen molar-refractivity contribution in [3.8, 4) is 0 Å². The SMILES string of the molecule is O=C(NCC(=O)N1CCCc2cc(Br)ccc21)C1c2ccccc2C(=O)N1C1CC1. The molecule has 1 aliphatic carbocycles. The number of halogens is 1. The van der Waals surface area contributed by atoms with E-state index in [1.807, 2.05) is 36.4 Å². The molecule has 1 atom stereocenters. The maximum atomic E-state index is 13.1. The lowest BCUT2D eigenvalue weighted by Gasteiger charge is -2.30. The Morgan fingerprint density at radius 3 is 2.73 bits per heavy atom. The summed E-state index contributed by atoms with van der Waals surface area (Å²) in [6.45, 7) is 0.558. The van der Waals surface area contributed by atoms with E-state index in [0.717, 1.165) is 47.0 Å². The topological polar surface area (TPSA) is 69.7 Å². The molecule has 0 bridgehead atoms. The van der Waals surface area contributed by atoms with Crippen molar-refractivity contribution in [2.75, 3.05) is 18.0 Å². The fourth-order valence-corrected chi connectivity index (χ4v) is 4.92. The zero-order valence-electron chi connectivity index (χ0n) is 16.4. The van der Waals surface area contributed by atoms with Crippen LogP contribution in [-0.4, -0.2) is 41.8 Å². The summed E-state index contributed by atoms with van der Waals surface area (Å²) < 4.78 is 0.994. The van der Waals surface area contributed by atoms with Gasteiger partial charge in [-0.25, -0.2) is 0 Å². The van der Waals surface area contributed by atoms with Crippen LogP contribution < -0.4 is 10.2 Å². The molecule has 0 aromatic heterocycles. The molecule has 7 heteroatoms. The molecule has 2 heterocycles. The van der Waals surface area contributed by atoms with Crippen molar-refractivity contribution in [3.63, 3.8) is 0 Å². The molecule has 3 aliphatic rings. The minimum atomic E-state index is -0.654. The summed E-state index contributed by atoms with van der Waals surface area (Å²) in [6, 6.07) is 12.6. The third kappa shape index (κ3) is 3.31. The van der Waals surface area contributed by atoms with E-state index in [9.17, 15) is 14.4 Å². The second-order valence-electron chi connectivity index (χ2n) is 8.07. The average Bonchev–Trinajstić information content (AvgIpc) is 3.55. The maximum absolute atomic E-state index is 13.1. The van der Waals surface area contributed by atoms with Gasteiger partial charge in [0.1, 0.15) is 6.04 Å². The van der Waals surface area contributed by atoms with Crippen LogP contribution in [0.25, 0.3) is 0 Å². The molecular weight excluding hydrogens is 446 g/mol. The quantitative estimate of drug-likeness (QED) is 0.750. The number of anilines is 1. The smallest absolute Gasteiger partial charge is 0.255 e. The summed E-state index contributed by atoms with van der Waals surface area (Å²) in [5.41, 5.74) is 3.36. The van der Waals surface area contributed by atoms with Crippen LogP contribution in [0, 0.1) is 0 Å². The van der Waals surface area contributed by atoms with Crippen molar-refractivity contribution in [1.29, 1.82) is 0 Å². The van der Waals surface area contributed by atoms with E-state index >= 15 is 0 Å². The third-order valence-corrected chi connectivity index (χ3v) is 6.56. The van der Waals surface area contributed by atoms with Crippen molar-refractivity contribution in [3.05, 3.63) is 63.6 Å². The van der Waals surface area contributed by atoms with E-state index in [1.54, 1.807) is 15.9 Å². The van der Waals surface area contributed by atoms with Gasteiger partial charge in [0.15, 0.2) is 0 Å². The number of aryl methyl sites for hydroxylation is 1. The van der Waals surface area contributed by atoms with Gasteiger partial charge < -0.3 is 15.1 Å². The molecule has 30 heavy (non-hydrogen) atoms. The van der Waals surface area contributed by atoms with Gasteiger partial charge in [-0.3, -0.25) is 14.4 Å². The zero-order valence-corrected chi connectivity index (χ0v) is 18.0. The molecule has 2 aliphatic heterocycles. The summed E-state index contributed by atoms with van der Waals surface area (Å²) in [6.07, 6.45) is 3.66. The normalized spacial score (nSPS) is 20.0. The molecule has 1 unspecified atom stereocenters. The minimum absolute atomic E-state index is 0.0836. The lowest BCUT2D eigenvalue weighted by Crippen LogP contribution is -2.46. The Kier molecular flexibility index (Phi) is 4.85. The molecule has 0 spiro atoms. The van der Waals surface area contributed by atoms with Gasteiger partial charge in [0, 0.05) is 28.3 Å². The molecule has 1 N–H and O–H groups in total. The molecule has 3 amide bonds. The molecule has 0 saturated heterocycles. The second kappa shape index (κ2) is 7.54. The van der Waals surface area contributed by atoms with E-state index in [2.05, 4.69) is 21.2 Å². The van der Waals surface area contributed by atoms with Crippen LogP contribution in [-0.2, 0) is 16.0 Å². The first-order chi connectivity index (χ1) is 14.5. The van der Waals surface area contributed by atoms with Gasteiger partial charge in [0.25, 0.3) is 5.91 Å². The Morgan fingerprint density at radius 1 is 1.13 bits per heavy atom. The molecule has 1 fully saturated rings. The van der Waals surface area contributed by atoms with E-state index in [-0.39, 0.29) is 30.3 Å². The number of amides is 3. The summed E-state index contributed by atoms with van der Waals surface area (Å²) in [4.78, 5) is 42.3. The number of nitrogens with zero attached hydrogens (tertiary/aromatic N) is 2. The highest BCUT2D eigenvalue weighted by Gasteiger charge is 2.47. The predicted molar refractivity (Wildman–Crippen MR) is 116 cm³/mol. The molecule has 2 aromatic rings. The molecule has 6 nitrogen and oxygen atoms in total. The van der Waals surface area contributed by atoms with Crippen LogP contribution in [0.15, 0.2) is 46.9 Å². The highest BCUT2D eigenvalue weighted by atomic mass is 79.9. The fourth-order valence-electron chi connectivity index (χ4n) is 4.51. The largest absolute Gasteiger partial charge is 0.345 e. The van der Waals surface area contributed by atoms with Crippen molar-refractivity contribution in [1.82, 2.24) is 10.2 Å². The van der Waals surface area contributed by atoms with Crippen LogP contribution >= 0.6 is 15.9 Å². The molecule has 1 saturated carbocycles. The predicted octanol–water partition coefficient (Wildman–Crippen LogP) is 3.20. The van der Waals surface area contributed by atoms with Crippen molar-refractivity contribution < 1.29 is 14.4 Å². The summed E-state index contributed by atoms with van der Waals surface area (Å²) in [5, 5.41) is 2.80. The Hall–Kier alpha value is -2.67. The summed E-state index contributed by atoms with van der Waals surface area (Å²) >= 11 is 3.48. The molecule has 0 radical (unpaired) electrons. The molecule has 2 aromatic carbocycles. The first-order valence-corrected chi connectivity index (χ1v) is 11.1. The molecule has 154 valence electrons. The number of fused-ring (bicyclic) bond motifs is 2. The number of rotatable bonds is 4. The van der Waals surface area contributed by atoms with Gasteiger partial charge in [-0.15, -0.1) is 0 Å². The number of carbonyl (C=O) groups is 3. The lowest BCUT2D eigenvalue weighted by atomic mass is 10.0. The average molecular weight is 468 g/mol. The van der Waals surface area contributed by atoms with Gasteiger partial charge in [-0.05, 0) is 61.1 Å². The van der Waals surface area contributed by atoms with E-state index in [4.69, 9.17) is 0 Å². The van der Waals surface area contributed by atoms with Gasteiger partial charge in [-0.2, -0.15) is 0 Å². The first kappa shape index (κ1) is 19.3. The lowest BCUT2D eigenvalue weighted by molar-refractivity contribution is -0.128.